The summed E-state index contributed by atoms with van der Waals surface area (Å²) in [5, 5.41) is 0.340. The van der Waals surface area contributed by atoms with Gasteiger partial charge in [0.2, 0.25) is 15.0 Å². The van der Waals surface area contributed by atoms with Crippen LogP contribution in [0.2, 0.25) is 0 Å². The van der Waals surface area contributed by atoms with Crippen molar-refractivity contribution in [1.82, 2.24) is 19.4 Å². The molecular formula is C21H36N4O2S. The van der Waals surface area contributed by atoms with E-state index in [4.69, 9.17) is 0 Å². The highest BCUT2D eigenvalue weighted by molar-refractivity contribution is 7.91. The summed E-state index contributed by atoms with van der Waals surface area (Å²) in [6, 6.07) is 0. The molecule has 1 aromatic rings. The average molecular weight is 409 g/mol. The van der Waals surface area contributed by atoms with Gasteiger partial charge in [0, 0.05) is 39.3 Å². The molecule has 0 aromatic carbocycles. The Bertz CT molecular complexity index is 742. The zero-order valence-corrected chi connectivity index (χ0v) is 18.2. The van der Waals surface area contributed by atoms with Crippen LogP contribution in [-0.2, 0) is 22.9 Å². The summed E-state index contributed by atoms with van der Waals surface area (Å²) in [6.07, 6.45) is 10.3. The van der Waals surface area contributed by atoms with E-state index in [0.717, 1.165) is 64.3 Å². The third kappa shape index (κ3) is 4.97. The second-order valence-electron chi connectivity index (χ2n) is 9.08. The predicted octanol–water partition coefficient (Wildman–Crippen LogP) is 2.78. The molecule has 28 heavy (non-hydrogen) atoms. The highest BCUT2D eigenvalue weighted by atomic mass is 32.2. The standard InChI is InChI=1S/C21H36N4O2S/c1-2-23-10-12-24(13-11-23)16-20-14-22-21(28(26,27)17-19-8-9-19)25(20)15-18-6-4-3-5-7-18/h14,18-19H,2-13,15-17H2,1H3. The zero-order chi connectivity index (χ0) is 19.6. The number of aromatic nitrogens is 2. The molecule has 1 aliphatic heterocycles. The van der Waals surface area contributed by atoms with Gasteiger partial charge in [-0.25, -0.2) is 13.4 Å². The molecule has 0 spiro atoms. The van der Waals surface area contributed by atoms with Crippen LogP contribution >= 0.6 is 0 Å². The van der Waals surface area contributed by atoms with Crippen molar-refractivity contribution in [3.63, 3.8) is 0 Å². The second kappa shape index (κ2) is 8.84. The number of hydrogen-bond acceptors (Lipinski definition) is 5. The van der Waals surface area contributed by atoms with E-state index in [1.54, 1.807) is 0 Å². The summed E-state index contributed by atoms with van der Waals surface area (Å²) in [5.41, 5.74) is 1.09. The molecule has 0 atom stereocenters. The summed E-state index contributed by atoms with van der Waals surface area (Å²) < 4.78 is 28.1. The Morgan fingerprint density at radius 1 is 0.964 bits per heavy atom. The lowest BCUT2D eigenvalue weighted by Gasteiger charge is -2.34. The number of likely N-dealkylation sites (N-methyl/N-ethyl adjacent to an activating group) is 1. The van der Waals surface area contributed by atoms with E-state index in [1.165, 1.54) is 32.1 Å². The van der Waals surface area contributed by atoms with Gasteiger partial charge in [-0.05, 0) is 44.1 Å². The van der Waals surface area contributed by atoms with E-state index in [9.17, 15) is 8.42 Å². The first-order valence-electron chi connectivity index (χ1n) is 11.3. The fourth-order valence-electron chi connectivity index (χ4n) is 4.75. The molecule has 3 fully saturated rings. The molecule has 0 amide bonds. The van der Waals surface area contributed by atoms with Gasteiger partial charge in [0.25, 0.3) is 0 Å². The maximum absolute atomic E-state index is 13.0. The van der Waals surface area contributed by atoms with Crippen molar-refractivity contribution in [2.45, 2.75) is 70.1 Å². The molecule has 4 rings (SSSR count). The van der Waals surface area contributed by atoms with Crippen LogP contribution < -0.4 is 0 Å². The molecule has 3 aliphatic rings. The summed E-state index contributed by atoms with van der Waals surface area (Å²) in [7, 11) is -3.29. The minimum Gasteiger partial charge on any atom is -0.317 e. The minimum absolute atomic E-state index is 0.281. The van der Waals surface area contributed by atoms with Crippen molar-refractivity contribution >= 4 is 9.84 Å². The predicted molar refractivity (Wildman–Crippen MR) is 111 cm³/mol. The Kier molecular flexibility index (Phi) is 6.43. The van der Waals surface area contributed by atoms with Gasteiger partial charge >= 0.3 is 0 Å². The van der Waals surface area contributed by atoms with Crippen molar-refractivity contribution in [2.75, 3.05) is 38.5 Å². The number of hydrogen-bond donors (Lipinski definition) is 0. The SMILES string of the molecule is CCN1CCN(Cc2cnc(S(=O)(=O)CC3CC3)n2CC2CCCCC2)CC1. The van der Waals surface area contributed by atoms with E-state index >= 15 is 0 Å². The molecule has 2 aliphatic carbocycles. The normalized spacial score (nSPS) is 23.3. The second-order valence-corrected chi connectivity index (χ2v) is 11.0. The fourth-order valence-corrected chi connectivity index (χ4v) is 6.60. The Hall–Kier alpha value is -0.920. The van der Waals surface area contributed by atoms with Crippen LogP contribution in [0.15, 0.2) is 11.4 Å². The molecule has 0 N–H and O–H groups in total. The van der Waals surface area contributed by atoms with Crippen LogP contribution in [0.3, 0.4) is 0 Å². The van der Waals surface area contributed by atoms with Crippen molar-refractivity contribution < 1.29 is 8.42 Å². The zero-order valence-electron chi connectivity index (χ0n) is 17.4. The number of sulfone groups is 1. The van der Waals surface area contributed by atoms with Gasteiger partial charge in [-0.2, -0.15) is 0 Å². The summed E-state index contributed by atoms with van der Waals surface area (Å²) >= 11 is 0. The van der Waals surface area contributed by atoms with E-state index < -0.39 is 9.84 Å². The first kappa shape index (κ1) is 20.4. The van der Waals surface area contributed by atoms with Crippen LogP contribution in [0.25, 0.3) is 0 Å². The summed E-state index contributed by atoms with van der Waals surface area (Å²) in [5.74, 6) is 1.23. The van der Waals surface area contributed by atoms with Gasteiger partial charge in [0.05, 0.1) is 17.6 Å². The van der Waals surface area contributed by atoms with E-state index in [-0.39, 0.29) is 5.75 Å². The van der Waals surface area contributed by atoms with Crippen LogP contribution in [0.4, 0.5) is 0 Å². The monoisotopic (exact) mass is 408 g/mol. The quantitative estimate of drug-likeness (QED) is 0.662. The van der Waals surface area contributed by atoms with Gasteiger partial charge in [-0.1, -0.05) is 26.2 Å². The number of piperazine rings is 1. The highest BCUT2D eigenvalue weighted by Crippen LogP contribution is 2.33. The average Bonchev–Trinajstić information content (AvgIpc) is 3.42. The minimum atomic E-state index is -3.29. The third-order valence-electron chi connectivity index (χ3n) is 6.80. The van der Waals surface area contributed by atoms with Gasteiger partial charge < -0.3 is 9.47 Å². The lowest BCUT2D eigenvalue weighted by molar-refractivity contribution is 0.129. The molecule has 7 heteroatoms. The number of rotatable bonds is 8. The molecule has 1 saturated heterocycles. The third-order valence-corrected chi connectivity index (χ3v) is 8.59. The maximum atomic E-state index is 13.0. The van der Waals surface area contributed by atoms with Gasteiger partial charge in [0.1, 0.15) is 0 Å². The van der Waals surface area contributed by atoms with E-state index in [2.05, 4.69) is 26.3 Å². The molecule has 6 nitrogen and oxygen atoms in total. The lowest BCUT2D eigenvalue weighted by Crippen LogP contribution is -2.45. The van der Waals surface area contributed by atoms with Gasteiger partial charge in [-0.15, -0.1) is 0 Å². The van der Waals surface area contributed by atoms with Crippen molar-refractivity contribution in [1.29, 1.82) is 0 Å². The Balaban J connectivity index is 1.52. The topological polar surface area (TPSA) is 58.4 Å². The van der Waals surface area contributed by atoms with Crippen LogP contribution in [0, 0.1) is 11.8 Å². The van der Waals surface area contributed by atoms with E-state index in [1.807, 2.05) is 6.20 Å². The van der Waals surface area contributed by atoms with Gasteiger partial charge in [-0.3, -0.25) is 4.90 Å². The largest absolute Gasteiger partial charge is 0.317 e. The Labute approximate surface area is 170 Å². The first-order chi connectivity index (χ1) is 13.5. The first-order valence-corrected chi connectivity index (χ1v) is 12.9. The van der Waals surface area contributed by atoms with Crippen LogP contribution in [-0.4, -0.2) is 66.2 Å². The lowest BCUT2D eigenvalue weighted by atomic mass is 9.89. The Morgan fingerprint density at radius 2 is 1.64 bits per heavy atom. The molecule has 0 bridgehead atoms. The Morgan fingerprint density at radius 3 is 2.29 bits per heavy atom. The molecule has 1 aromatic heterocycles. The number of nitrogens with zero attached hydrogens (tertiary/aromatic N) is 4. The smallest absolute Gasteiger partial charge is 0.227 e. The summed E-state index contributed by atoms with van der Waals surface area (Å²) in [4.78, 5) is 9.40. The van der Waals surface area contributed by atoms with Crippen molar-refractivity contribution in [3.8, 4) is 0 Å². The highest BCUT2D eigenvalue weighted by Gasteiger charge is 2.33. The fraction of sp³-hybridized carbons (Fsp3) is 0.857. The number of imidazole rings is 1. The molecule has 0 unspecified atom stereocenters. The van der Waals surface area contributed by atoms with Gasteiger partial charge in [0.15, 0.2) is 0 Å². The summed E-state index contributed by atoms with van der Waals surface area (Å²) in [6.45, 7) is 9.25. The molecule has 158 valence electrons. The van der Waals surface area contributed by atoms with Crippen LogP contribution in [0.5, 0.6) is 0 Å². The van der Waals surface area contributed by atoms with Crippen molar-refractivity contribution in [3.05, 3.63) is 11.9 Å². The van der Waals surface area contributed by atoms with E-state index in [0.29, 0.717) is 17.0 Å². The van der Waals surface area contributed by atoms with Crippen LogP contribution in [0.1, 0.15) is 57.6 Å². The molecule has 0 radical (unpaired) electrons. The maximum Gasteiger partial charge on any atom is 0.227 e. The molecule has 2 heterocycles. The molecule has 2 saturated carbocycles. The molecular weight excluding hydrogens is 372 g/mol. The van der Waals surface area contributed by atoms with Crippen molar-refractivity contribution in [2.24, 2.45) is 11.8 Å².